The number of benzene rings is 2. The minimum atomic E-state index is 0.197. The number of hydrogen-bond donors (Lipinski definition) is 2. The van der Waals surface area contributed by atoms with Gasteiger partial charge in [-0.05, 0) is 48.8 Å². The fraction of sp³-hybridized carbons (Fsp3) is 0.400. The molecule has 0 amide bonds. The van der Waals surface area contributed by atoms with Crippen LogP contribution >= 0.6 is 0 Å². The standard InChI is InChI=1S/C20H28N2/c1-3-20(22)14-19(13-15(2)21)18-11-9-17(10-12-18)16-7-5-4-6-8-16/h4-12,15,19-20H,3,13-14,21-22H2,1-2H3. The van der Waals surface area contributed by atoms with E-state index in [0.717, 1.165) is 19.3 Å². The van der Waals surface area contributed by atoms with Gasteiger partial charge in [0, 0.05) is 12.1 Å². The van der Waals surface area contributed by atoms with Crippen molar-refractivity contribution in [2.45, 2.75) is 51.1 Å². The molecule has 0 aliphatic rings. The van der Waals surface area contributed by atoms with E-state index in [9.17, 15) is 0 Å². The van der Waals surface area contributed by atoms with Crippen molar-refractivity contribution in [2.75, 3.05) is 0 Å². The van der Waals surface area contributed by atoms with Gasteiger partial charge in [-0.2, -0.15) is 0 Å². The summed E-state index contributed by atoms with van der Waals surface area (Å²) in [5, 5.41) is 0. The number of rotatable bonds is 7. The molecule has 2 heteroatoms. The van der Waals surface area contributed by atoms with Crippen molar-refractivity contribution in [3.63, 3.8) is 0 Å². The second-order valence-electron chi connectivity index (χ2n) is 6.30. The Morgan fingerprint density at radius 1 is 0.818 bits per heavy atom. The zero-order chi connectivity index (χ0) is 15.9. The van der Waals surface area contributed by atoms with Crippen LogP contribution in [-0.4, -0.2) is 12.1 Å². The highest BCUT2D eigenvalue weighted by atomic mass is 14.6. The van der Waals surface area contributed by atoms with Gasteiger partial charge in [-0.25, -0.2) is 0 Å². The molecular formula is C20H28N2. The minimum Gasteiger partial charge on any atom is -0.328 e. The summed E-state index contributed by atoms with van der Waals surface area (Å²) in [6.07, 6.45) is 3.00. The quantitative estimate of drug-likeness (QED) is 0.800. The Kier molecular flexibility index (Phi) is 6.17. The molecule has 2 aromatic carbocycles. The zero-order valence-corrected chi connectivity index (χ0v) is 13.7. The van der Waals surface area contributed by atoms with Crippen LogP contribution in [0.3, 0.4) is 0 Å². The summed E-state index contributed by atoms with van der Waals surface area (Å²) in [6.45, 7) is 4.22. The molecule has 0 aromatic heterocycles. The van der Waals surface area contributed by atoms with E-state index in [1.807, 2.05) is 6.07 Å². The van der Waals surface area contributed by atoms with Crippen LogP contribution in [0, 0.1) is 0 Å². The van der Waals surface area contributed by atoms with Gasteiger partial charge in [0.05, 0.1) is 0 Å². The first-order valence-corrected chi connectivity index (χ1v) is 8.26. The molecule has 0 fully saturated rings. The Hall–Kier alpha value is -1.64. The average molecular weight is 296 g/mol. The lowest BCUT2D eigenvalue weighted by Crippen LogP contribution is -2.25. The first kappa shape index (κ1) is 16.7. The lowest BCUT2D eigenvalue weighted by Gasteiger charge is -2.23. The molecule has 0 spiro atoms. The summed E-state index contributed by atoms with van der Waals surface area (Å²) in [6, 6.07) is 19.8. The Morgan fingerprint density at radius 2 is 1.41 bits per heavy atom. The van der Waals surface area contributed by atoms with Crippen LogP contribution in [0.2, 0.25) is 0 Å². The van der Waals surface area contributed by atoms with E-state index in [1.54, 1.807) is 0 Å². The summed E-state index contributed by atoms with van der Waals surface area (Å²) >= 11 is 0. The lowest BCUT2D eigenvalue weighted by atomic mass is 9.86. The van der Waals surface area contributed by atoms with Crippen molar-refractivity contribution in [1.29, 1.82) is 0 Å². The van der Waals surface area contributed by atoms with Crippen LogP contribution in [-0.2, 0) is 0 Å². The summed E-state index contributed by atoms with van der Waals surface area (Å²) < 4.78 is 0. The van der Waals surface area contributed by atoms with E-state index >= 15 is 0 Å². The summed E-state index contributed by atoms with van der Waals surface area (Å²) in [4.78, 5) is 0. The second-order valence-corrected chi connectivity index (χ2v) is 6.30. The van der Waals surface area contributed by atoms with Crippen LogP contribution in [0.5, 0.6) is 0 Å². The molecule has 2 nitrogen and oxygen atoms in total. The van der Waals surface area contributed by atoms with Crippen molar-refractivity contribution in [1.82, 2.24) is 0 Å². The topological polar surface area (TPSA) is 52.0 Å². The number of hydrogen-bond acceptors (Lipinski definition) is 2. The van der Waals surface area contributed by atoms with Crippen LogP contribution in [0.15, 0.2) is 54.6 Å². The molecule has 0 heterocycles. The largest absolute Gasteiger partial charge is 0.328 e. The van der Waals surface area contributed by atoms with Crippen LogP contribution < -0.4 is 11.5 Å². The van der Waals surface area contributed by atoms with Gasteiger partial charge in [0.1, 0.15) is 0 Å². The predicted molar refractivity (Wildman–Crippen MR) is 95.8 cm³/mol. The predicted octanol–water partition coefficient (Wildman–Crippen LogP) is 4.30. The highest BCUT2D eigenvalue weighted by molar-refractivity contribution is 5.63. The van der Waals surface area contributed by atoms with Crippen molar-refractivity contribution < 1.29 is 0 Å². The molecule has 0 aliphatic carbocycles. The first-order chi connectivity index (χ1) is 10.6. The monoisotopic (exact) mass is 296 g/mol. The van der Waals surface area contributed by atoms with Crippen LogP contribution in [0.25, 0.3) is 11.1 Å². The summed E-state index contributed by atoms with van der Waals surface area (Å²) in [7, 11) is 0. The molecule has 0 saturated heterocycles. The van der Waals surface area contributed by atoms with Crippen molar-refractivity contribution in [2.24, 2.45) is 11.5 Å². The van der Waals surface area contributed by atoms with Gasteiger partial charge in [0.25, 0.3) is 0 Å². The molecule has 0 aliphatic heterocycles. The average Bonchev–Trinajstić information content (AvgIpc) is 2.54. The van der Waals surface area contributed by atoms with E-state index in [1.165, 1.54) is 16.7 Å². The molecule has 2 rings (SSSR count). The molecule has 0 saturated carbocycles. The summed E-state index contributed by atoms with van der Waals surface area (Å²) in [5.41, 5.74) is 16.0. The smallest absolute Gasteiger partial charge is 0.00420 e. The molecule has 22 heavy (non-hydrogen) atoms. The first-order valence-electron chi connectivity index (χ1n) is 8.26. The molecule has 0 radical (unpaired) electrons. The van der Waals surface area contributed by atoms with Gasteiger partial charge in [0.2, 0.25) is 0 Å². The third-order valence-corrected chi connectivity index (χ3v) is 4.26. The van der Waals surface area contributed by atoms with E-state index < -0.39 is 0 Å². The molecule has 3 atom stereocenters. The molecule has 0 bridgehead atoms. The molecular weight excluding hydrogens is 268 g/mol. The van der Waals surface area contributed by atoms with Gasteiger partial charge < -0.3 is 11.5 Å². The molecule has 2 aromatic rings. The molecule has 3 unspecified atom stereocenters. The zero-order valence-electron chi connectivity index (χ0n) is 13.7. The van der Waals surface area contributed by atoms with Crippen molar-refractivity contribution in [3.05, 3.63) is 60.2 Å². The lowest BCUT2D eigenvalue weighted by molar-refractivity contribution is 0.464. The van der Waals surface area contributed by atoms with Gasteiger partial charge in [-0.15, -0.1) is 0 Å². The van der Waals surface area contributed by atoms with Gasteiger partial charge in [-0.1, -0.05) is 61.5 Å². The van der Waals surface area contributed by atoms with E-state index in [-0.39, 0.29) is 12.1 Å². The molecule has 118 valence electrons. The normalized spacial score (nSPS) is 15.3. The van der Waals surface area contributed by atoms with Crippen molar-refractivity contribution >= 4 is 0 Å². The van der Waals surface area contributed by atoms with Crippen LogP contribution in [0.4, 0.5) is 0 Å². The highest BCUT2D eigenvalue weighted by Crippen LogP contribution is 2.28. The Balaban J connectivity index is 2.17. The van der Waals surface area contributed by atoms with Crippen LogP contribution in [0.1, 0.15) is 44.6 Å². The van der Waals surface area contributed by atoms with Gasteiger partial charge in [0.15, 0.2) is 0 Å². The van der Waals surface area contributed by atoms with Crippen molar-refractivity contribution in [3.8, 4) is 11.1 Å². The Labute approximate surface area is 134 Å². The van der Waals surface area contributed by atoms with E-state index in [4.69, 9.17) is 11.5 Å². The van der Waals surface area contributed by atoms with Gasteiger partial charge in [-0.3, -0.25) is 0 Å². The Morgan fingerprint density at radius 3 is 1.95 bits per heavy atom. The fourth-order valence-corrected chi connectivity index (χ4v) is 2.93. The fourth-order valence-electron chi connectivity index (χ4n) is 2.93. The second kappa shape index (κ2) is 8.11. The van der Waals surface area contributed by atoms with Gasteiger partial charge >= 0.3 is 0 Å². The Bertz CT molecular complexity index is 546. The SMILES string of the molecule is CCC(N)CC(CC(C)N)c1ccc(-c2ccccc2)cc1. The minimum absolute atomic E-state index is 0.197. The third kappa shape index (κ3) is 4.69. The number of nitrogens with two attached hydrogens (primary N) is 2. The maximum absolute atomic E-state index is 6.17. The highest BCUT2D eigenvalue weighted by Gasteiger charge is 2.16. The maximum atomic E-state index is 6.17. The molecule has 4 N–H and O–H groups in total. The van der Waals surface area contributed by atoms with E-state index in [2.05, 4.69) is 62.4 Å². The summed E-state index contributed by atoms with van der Waals surface area (Å²) in [5.74, 6) is 0.444. The maximum Gasteiger partial charge on any atom is 0.00420 e. The third-order valence-electron chi connectivity index (χ3n) is 4.26. The van der Waals surface area contributed by atoms with E-state index in [0.29, 0.717) is 5.92 Å².